The van der Waals surface area contributed by atoms with Gasteiger partial charge in [-0.25, -0.2) is 9.18 Å². The Bertz CT molecular complexity index is 951. The lowest BCUT2D eigenvalue weighted by Crippen LogP contribution is -2.34. The Morgan fingerprint density at radius 1 is 1.04 bits per heavy atom. The van der Waals surface area contributed by atoms with Gasteiger partial charge in [0.05, 0.1) is 0 Å². The number of aryl methyl sites for hydroxylation is 1. The monoisotopic (exact) mass is 385 g/mol. The number of nitrogens with zero attached hydrogens (tertiary/aromatic N) is 1. The van der Waals surface area contributed by atoms with Crippen LogP contribution in [-0.4, -0.2) is 10.6 Å². The second-order valence-electron chi connectivity index (χ2n) is 6.37. The average molecular weight is 386 g/mol. The van der Waals surface area contributed by atoms with Crippen LogP contribution in [0.5, 0.6) is 0 Å². The van der Waals surface area contributed by atoms with Gasteiger partial charge in [0.1, 0.15) is 5.82 Å². The Kier molecular flexibility index (Phi) is 5.81. The van der Waals surface area contributed by atoms with Crippen molar-refractivity contribution >= 4 is 17.6 Å². The summed E-state index contributed by atoms with van der Waals surface area (Å²) in [6.07, 6.45) is 0. The number of hydrogen-bond donors (Lipinski definition) is 2. The molecular weight excluding hydrogens is 365 g/mol. The SMILES string of the molecule is Cc1cc(CNC(=O)NCc2ccc(F)cc2)c(C)n1-c1cccc(Cl)c1. The van der Waals surface area contributed by atoms with Crippen LogP contribution in [0.2, 0.25) is 5.02 Å². The standard InChI is InChI=1S/C21H21ClFN3O/c1-14-10-17(15(2)26(14)20-5-3-4-18(22)11-20)13-25-21(27)24-12-16-6-8-19(23)9-7-16/h3-11H,12-13H2,1-2H3,(H2,24,25,27). The number of nitrogens with one attached hydrogen (secondary N) is 2. The van der Waals surface area contributed by atoms with E-state index in [-0.39, 0.29) is 11.8 Å². The molecule has 1 aromatic heterocycles. The van der Waals surface area contributed by atoms with Gasteiger partial charge < -0.3 is 15.2 Å². The predicted molar refractivity (Wildman–Crippen MR) is 106 cm³/mol. The molecule has 4 nitrogen and oxygen atoms in total. The largest absolute Gasteiger partial charge is 0.334 e. The van der Waals surface area contributed by atoms with Crippen molar-refractivity contribution in [2.24, 2.45) is 0 Å². The third kappa shape index (κ3) is 4.68. The molecule has 0 fully saturated rings. The molecule has 140 valence electrons. The van der Waals surface area contributed by atoms with Crippen molar-refractivity contribution in [3.05, 3.63) is 88.0 Å². The molecule has 0 aliphatic heterocycles. The zero-order valence-electron chi connectivity index (χ0n) is 15.2. The molecule has 0 spiro atoms. The molecule has 27 heavy (non-hydrogen) atoms. The fraction of sp³-hybridized carbons (Fsp3) is 0.190. The van der Waals surface area contributed by atoms with Crippen molar-refractivity contribution in [2.45, 2.75) is 26.9 Å². The highest BCUT2D eigenvalue weighted by Crippen LogP contribution is 2.22. The number of carbonyl (C=O) groups is 1. The Balaban J connectivity index is 1.62. The number of aromatic nitrogens is 1. The highest BCUT2D eigenvalue weighted by Gasteiger charge is 2.12. The van der Waals surface area contributed by atoms with Crippen molar-refractivity contribution in [1.82, 2.24) is 15.2 Å². The van der Waals surface area contributed by atoms with Crippen LogP contribution in [0, 0.1) is 19.7 Å². The Morgan fingerprint density at radius 3 is 2.44 bits per heavy atom. The van der Waals surface area contributed by atoms with Crippen molar-refractivity contribution in [3.8, 4) is 5.69 Å². The second-order valence-corrected chi connectivity index (χ2v) is 6.81. The van der Waals surface area contributed by atoms with Gasteiger partial charge in [-0.1, -0.05) is 29.8 Å². The van der Waals surface area contributed by atoms with Gasteiger partial charge in [-0.15, -0.1) is 0 Å². The molecule has 1 heterocycles. The van der Waals surface area contributed by atoms with Crippen molar-refractivity contribution in [1.29, 1.82) is 0 Å². The minimum absolute atomic E-state index is 0.271. The number of hydrogen-bond acceptors (Lipinski definition) is 1. The lowest BCUT2D eigenvalue weighted by atomic mass is 10.2. The third-order valence-corrected chi connectivity index (χ3v) is 4.64. The van der Waals surface area contributed by atoms with Crippen LogP contribution in [0.15, 0.2) is 54.6 Å². The predicted octanol–water partition coefficient (Wildman–Crippen LogP) is 4.89. The molecule has 2 amide bonds. The summed E-state index contributed by atoms with van der Waals surface area (Å²) in [7, 11) is 0. The summed E-state index contributed by atoms with van der Waals surface area (Å²) in [6, 6.07) is 15.5. The Hall–Kier alpha value is -2.79. The third-order valence-electron chi connectivity index (χ3n) is 4.41. The highest BCUT2D eigenvalue weighted by molar-refractivity contribution is 6.30. The van der Waals surface area contributed by atoms with E-state index < -0.39 is 0 Å². The van der Waals surface area contributed by atoms with E-state index in [1.165, 1.54) is 12.1 Å². The fourth-order valence-corrected chi connectivity index (χ4v) is 3.23. The molecule has 3 aromatic rings. The summed E-state index contributed by atoms with van der Waals surface area (Å²) in [5.41, 5.74) is 4.98. The van der Waals surface area contributed by atoms with Gasteiger partial charge in [0.25, 0.3) is 0 Å². The molecule has 0 unspecified atom stereocenters. The second kappa shape index (κ2) is 8.27. The zero-order valence-corrected chi connectivity index (χ0v) is 16.0. The molecule has 0 saturated carbocycles. The molecule has 2 aromatic carbocycles. The number of amides is 2. The van der Waals surface area contributed by atoms with E-state index in [1.54, 1.807) is 12.1 Å². The van der Waals surface area contributed by atoms with E-state index in [2.05, 4.69) is 21.3 Å². The van der Waals surface area contributed by atoms with Crippen LogP contribution < -0.4 is 10.6 Å². The summed E-state index contributed by atoms with van der Waals surface area (Å²) in [6.45, 7) is 4.79. The Labute approximate surface area is 163 Å². The summed E-state index contributed by atoms with van der Waals surface area (Å²) >= 11 is 6.10. The molecule has 0 aliphatic rings. The minimum Gasteiger partial charge on any atom is -0.334 e. The number of rotatable bonds is 5. The van der Waals surface area contributed by atoms with Gasteiger partial charge in [0.2, 0.25) is 0 Å². The van der Waals surface area contributed by atoms with Crippen molar-refractivity contribution in [3.63, 3.8) is 0 Å². The lowest BCUT2D eigenvalue weighted by Gasteiger charge is -2.11. The van der Waals surface area contributed by atoms with E-state index in [0.29, 0.717) is 18.1 Å². The van der Waals surface area contributed by atoms with Crippen molar-refractivity contribution < 1.29 is 9.18 Å². The number of halogens is 2. The molecule has 0 bridgehead atoms. The first kappa shape index (κ1) is 19.0. The van der Waals surface area contributed by atoms with E-state index in [1.807, 2.05) is 38.1 Å². The number of urea groups is 1. The molecule has 6 heteroatoms. The van der Waals surface area contributed by atoms with E-state index in [9.17, 15) is 9.18 Å². The quantitative estimate of drug-likeness (QED) is 0.645. The number of carbonyl (C=O) groups excluding carboxylic acids is 1. The lowest BCUT2D eigenvalue weighted by molar-refractivity contribution is 0.240. The van der Waals surface area contributed by atoms with Crippen molar-refractivity contribution in [2.75, 3.05) is 0 Å². The molecule has 2 N–H and O–H groups in total. The van der Waals surface area contributed by atoms with E-state index in [0.717, 1.165) is 28.2 Å². The molecule has 0 atom stereocenters. The number of benzene rings is 2. The van der Waals surface area contributed by atoms with Crippen LogP contribution in [0.1, 0.15) is 22.5 Å². The maximum Gasteiger partial charge on any atom is 0.315 e. The molecule has 0 aliphatic carbocycles. The minimum atomic E-state index is -0.293. The van der Waals surface area contributed by atoms with Gasteiger partial charge in [-0.2, -0.15) is 0 Å². The zero-order chi connectivity index (χ0) is 19.4. The van der Waals surface area contributed by atoms with Gasteiger partial charge >= 0.3 is 6.03 Å². The molecule has 3 rings (SSSR count). The van der Waals surface area contributed by atoms with Crippen LogP contribution in [0.4, 0.5) is 9.18 Å². The van der Waals surface area contributed by atoms with Gasteiger partial charge in [0, 0.05) is 35.2 Å². The van der Waals surface area contributed by atoms with Crippen LogP contribution in [-0.2, 0) is 13.1 Å². The van der Waals surface area contributed by atoms with E-state index in [4.69, 9.17) is 11.6 Å². The molecule has 0 radical (unpaired) electrons. The van der Waals surface area contributed by atoms with Crippen LogP contribution in [0.25, 0.3) is 5.69 Å². The van der Waals surface area contributed by atoms with Gasteiger partial charge in [-0.3, -0.25) is 0 Å². The topological polar surface area (TPSA) is 46.1 Å². The van der Waals surface area contributed by atoms with Crippen LogP contribution in [0.3, 0.4) is 0 Å². The smallest absolute Gasteiger partial charge is 0.315 e. The summed E-state index contributed by atoms with van der Waals surface area (Å²) in [5.74, 6) is -0.293. The van der Waals surface area contributed by atoms with E-state index >= 15 is 0 Å². The normalized spacial score (nSPS) is 10.7. The maximum absolute atomic E-state index is 12.9. The highest BCUT2D eigenvalue weighted by atomic mass is 35.5. The first-order valence-electron chi connectivity index (χ1n) is 8.64. The first-order valence-corrected chi connectivity index (χ1v) is 9.02. The Morgan fingerprint density at radius 2 is 1.74 bits per heavy atom. The fourth-order valence-electron chi connectivity index (χ4n) is 3.04. The summed E-state index contributed by atoms with van der Waals surface area (Å²) < 4.78 is 15.0. The maximum atomic E-state index is 12.9. The first-order chi connectivity index (χ1) is 12.9. The van der Waals surface area contributed by atoms with Gasteiger partial charge in [0.15, 0.2) is 0 Å². The van der Waals surface area contributed by atoms with Gasteiger partial charge in [-0.05, 0) is 61.4 Å². The molecular formula is C21H21ClFN3O. The molecule has 0 saturated heterocycles. The summed E-state index contributed by atoms with van der Waals surface area (Å²) in [4.78, 5) is 12.1. The summed E-state index contributed by atoms with van der Waals surface area (Å²) in [5, 5.41) is 6.31. The van der Waals surface area contributed by atoms with Crippen LogP contribution >= 0.6 is 11.6 Å². The average Bonchev–Trinajstić information content (AvgIpc) is 2.93.